The zero-order valence-corrected chi connectivity index (χ0v) is 7.98. The van der Waals surface area contributed by atoms with Crippen LogP contribution in [0.1, 0.15) is 5.56 Å². The minimum Gasteiger partial charge on any atom is -0.370 e. The fourth-order valence-corrected chi connectivity index (χ4v) is 2.49. The number of hydrogen-bond acceptors (Lipinski definition) is 3. The molecule has 2 rings (SSSR count). The van der Waals surface area contributed by atoms with Gasteiger partial charge in [-0.1, -0.05) is 6.07 Å². The summed E-state index contributed by atoms with van der Waals surface area (Å²) in [6.07, 6.45) is 0. The first kappa shape index (κ1) is 8.52. The van der Waals surface area contributed by atoms with Crippen LogP contribution >= 0.6 is 0 Å². The zero-order valence-electron chi connectivity index (χ0n) is 7.16. The summed E-state index contributed by atoms with van der Waals surface area (Å²) >= 11 is 0. The predicted molar refractivity (Wildman–Crippen MR) is 50.0 cm³/mol. The van der Waals surface area contributed by atoms with E-state index >= 15 is 0 Å². The highest BCUT2D eigenvalue weighted by Crippen LogP contribution is 2.24. The molecule has 0 saturated heterocycles. The number of fused-ring (bicyclic) bond motifs is 1. The highest BCUT2D eigenvalue weighted by atomic mass is 32.2. The fraction of sp³-hybridized carbons (Fsp3) is 0.250. The lowest BCUT2D eigenvalue weighted by Gasteiger charge is -2.19. The molecule has 1 aliphatic heterocycles. The molecule has 0 spiro atoms. The van der Waals surface area contributed by atoms with Crippen LogP contribution in [0, 0.1) is 6.92 Å². The standard InChI is InChI=1S/C8H10N2O2S/c1-6-2-3-7-8(4-6)13(11,12)10-5-9-7/h2-4,9-10H,5H2,1H3. The van der Waals surface area contributed by atoms with Crippen LogP contribution < -0.4 is 10.0 Å². The first-order valence-electron chi connectivity index (χ1n) is 3.94. The highest BCUT2D eigenvalue weighted by Gasteiger charge is 2.21. The summed E-state index contributed by atoms with van der Waals surface area (Å²) in [7, 11) is -3.28. The van der Waals surface area contributed by atoms with Gasteiger partial charge in [0.1, 0.15) is 4.90 Å². The van der Waals surface area contributed by atoms with Gasteiger partial charge in [-0.25, -0.2) is 8.42 Å². The zero-order chi connectivity index (χ0) is 9.47. The monoisotopic (exact) mass is 198 g/mol. The molecule has 0 aliphatic carbocycles. The largest absolute Gasteiger partial charge is 0.370 e. The summed E-state index contributed by atoms with van der Waals surface area (Å²) in [5.41, 5.74) is 1.61. The number of anilines is 1. The molecule has 2 N–H and O–H groups in total. The van der Waals surface area contributed by atoms with E-state index in [2.05, 4.69) is 10.0 Å². The Morgan fingerprint density at radius 2 is 2.15 bits per heavy atom. The molecule has 4 nitrogen and oxygen atoms in total. The average molecular weight is 198 g/mol. The third-order valence-electron chi connectivity index (χ3n) is 1.97. The first-order chi connectivity index (χ1) is 6.09. The molecule has 0 fully saturated rings. The maximum absolute atomic E-state index is 11.5. The number of benzene rings is 1. The Labute approximate surface area is 77.0 Å². The smallest absolute Gasteiger partial charge is 0.244 e. The molecule has 0 saturated carbocycles. The molecule has 0 aromatic heterocycles. The molecule has 0 bridgehead atoms. The lowest BCUT2D eigenvalue weighted by Crippen LogP contribution is -2.34. The van der Waals surface area contributed by atoms with E-state index in [1.165, 1.54) is 0 Å². The molecule has 13 heavy (non-hydrogen) atoms. The Bertz CT molecular complexity index is 439. The van der Waals surface area contributed by atoms with Crippen LogP contribution in [0.25, 0.3) is 0 Å². The van der Waals surface area contributed by atoms with Crippen molar-refractivity contribution in [2.75, 3.05) is 12.0 Å². The van der Waals surface area contributed by atoms with Crippen LogP contribution in [0.15, 0.2) is 23.1 Å². The van der Waals surface area contributed by atoms with Gasteiger partial charge in [0.25, 0.3) is 0 Å². The second-order valence-corrected chi connectivity index (χ2v) is 4.74. The summed E-state index contributed by atoms with van der Waals surface area (Å²) in [6, 6.07) is 5.32. The van der Waals surface area contributed by atoms with Gasteiger partial charge in [0, 0.05) is 0 Å². The van der Waals surface area contributed by atoms with Crippen LogP contribution in [-0.2, 0) is 10.0 Å². The summed E-state index contributed by atoms with van der Waals surface area (Å²) in [4.78, 5) is 0.332. The molecule has 1 aliphatic rings. The van der Waals surface area contributed by atoms with Gasteiger partial charge in [0.2, 0.25) is 10.0 Å². The number of rotatable bonds is 0. The molecule has 0 atom stereocenters. The summed E-state index contributed by atoms with van der Waals surface area (Å²) in [5, 5.41) is 2.96. The highest BCUT2D eigenvalue weighted by molar-refractivity contribution is 7.89. The van der Waals surface area contributed by atoms with E-state index in [0.717, 1.165) is 5.56 Å². The van der Waals surface area contributed by atoms with E-state index in [1.807, 2.05) is 13.0 Å². The van der Waals surface area contributed by atoms with Crippen LogP contribution in [0.4, 0.5) is 5.69 Å². The van der Waals surface area contributed by atoms with E-state index in [4.69, 9.17) is 0 Å². The van der Waals surface area contributed by atoms with Gasteiger partial charge in [-0.2, -0.15) is 4.72 Å². The van der Waals surface area contributed by atoms with Crippen LogP contribution in [0.2, 0.25) is 0 Å². The Morgan fingerprint density at radius 1 is 1.38 bits per heavy atom. The van der Waals surface area contributed by atoms with Gasteiger partial charge >= 0.3 is 0 Å². The molecule has 0 unspecified atom stereocenters. The van der Waals surface area contributed by atoms with Gasteiger partial charge in [0.15, 0.2) is 0 Å². The number of nitrogens with one attached hydrogen (secondary N) is 2. The molecular weight excluding hydrogens is 188 g/mol. The van der Waals surface area contributed by atoms with Crippen molar-refractivity contribution in [1.82, 2.24) is 4.72 Å². The van der Waals surface area contributed by atoms with Gasteiger partial charge in [-0.05, 0) is 24.6 Å². The summed E-state index contributed by atoms with van der Waals surface area (Å²) < 4.78 is 25.4. The average Bonchev–Trinajstić information content (AvgIpc) is 2.06. The SMILES string of the molecule is Cc1ccc2c(c1)S(=O)(=O)NCN2. The van der Waals surface area contributed by atoms with Gasteiger partial charge < -0.3 is 5.32 Å². The maximum atomic E-state index is 11.5. The third-order valence-corrected chi connectivity index (χ3v) is 3.41. The first-order valence-corrected chi connectivity index (χ1v) is 5.42. The molecule has 70 valence electrons. The molecule has 1 aromatic rings. The predicted octanol–water partition coefficient (Wildman–Crippen LogP) is 0.656. The number of aryl methyl sites for hydroxylation is 1. The third kappa shape index (κ3) is 1.40. The van der Waals surface area contributed by atoms with Crippen molar-refractivity contribution in [3.63, 3.8) is 0 Å². The van der Waals surface area contributed by atoms with E-state index in [1.54, 1.807) is 12.1 Å². The molecule has 1 aromatic carbocycles. The van der Waals surface area contributed by atoms with E-state index < -0.39 is 10.0 Å². The number of sulfonamides is 1. The van der Waals surface area contributed by atoms with Gasteiger partial charge in [0.05, 0.1) is 12.4 Å². The van der Waals surface area contributed by atoms with E-state index in [9.17, 15) is 8.42 Å². The Hall–Kier alpha value is -1.07. The van der Waals surface area contributed by atoms with Gasteiger partial charge in [-0.15, -0.1) is 0 Å². The van der Waals surface area contributed by atoms with Crippen LogP contribution in [0.5, 0.6) is 0 Å². The van der Waals surface area contributed by atoms with Crippen molar-refractivity contribution < 1.29 is 8.42 Å². The molecular formula is C8H10N2O2S. The van der Waals surface area contributed by atoms with Crippen molar-refractivity contribution in [3.8, 4) is 0 Å². The van der Waals surface area contributed by atoms with Crippen molar-refractivity contribution in [2.24, 2.45) is 0 Å². The molecule has 5 heteroatoms. The minimum absolute atomic E-state index is 0.262. The van der Waals surface area contributed by atoms with Crippen LogP contribution in [0.3, 0.4) is 0 Å². The second-order valence-electron chi connectivity index (χ2n) is 3.00. The normalized spacial score (nSPS) is 18.8. The van der Waals surface area contributed by atoms with Gasteiger partial charge in [-0.3, -0.25) is 0 Å². The maximum Gasteiger partial charge on any atom is 0.244 e. The Kier molecular flexibility index (Phi) is 1.78. The van der Waals surface area contributed by atoms with Crippen molar-refractivity contribution in [2.45, 2.75) is 11.8 Å². The topological polar surface area (TPSA) is 58.2 Å². The lowest BCUT2D eigenvalue weighted by atomic mass is 10.2. The summed E-state index contributed by atoms with van der Waals surface area (Å²) in [6.45, 7) is 2.13. The molecule has 1 heterocycles. The Morgan fingerprint density at radius 3 is 2.92 bits per heavy atom. The van der Waals surface area contributed by atoms with Crippen molar-refractivity contribution >= 4 is 15.7 Å². The molecule has 0 radical (unpaired) electrons. The van der Waals surface area contributed by atoms with Crippen LogP contribution in [-0.4, -0.2) is 15.1 Å². The van der Waals surface area contributed by atoms with Crippen molar-refractivity contribution in [1.29, 1.82) is 0 Å². The van der Waals surface area contributed by atoms with Crippen molar-refractivity contribution in [3.05, 3.63) is 23.8 Å². The fourth-order valence-electron chi connectivity index (χ4n) is 1.30. The number of hydrogen-bond donors (Lipinski definition) is 2. The van der Waals surface area contributed by atoms with E-state index in [0.29, 0.717) is 10.6 Å². The van der Waals surface area contributed by atoms with E-state index in [-0.39, 0.29) is 6.67 Å². The lowest BCUT2D eigenvalue weighted by molar-refractivity contribution is 0.581. The second kappa shape index (κ2) is 2.71. The quantitative estimate of drug-likeness (QED) is 0.643. The Balaban J connectivity index is 2.68. The minimum atomic E-state index is -3.28. The molecule has 0 amide bonds. The summed E-state index contributed by atoms with van der Waals surface area (Å²) in [5.74, 6) is 0.